The van der Waals surface area contributed by atoms with Crippen LogP contribution in [0.3, 0.4) is 0 Å². The Morgan fingerprint density at radius 1 is 1.00 bits per heavy atom. The van der Waals surface area contributed by atoms with Gasteiger partial charge < -0.3 is 28.6 Å². The van der Waals surface area contributed by atoms with Crippen LogP contribution < -0.4 is 10.2 Å². The fourth-order valence-electron chi connectivity index (χ4n) is 2.47. The molecule has 0 fully saturated rings. The van der Waals surface area contributed by atoms with E-state index in [0.29, 0.717) is 34.3 Å². The molecule has 2 heterocycles. The first-order valence-corrected chi connectivity index (χ1v) is 8.89. The Balaban J connectivity index is 1.74. The molecule has 0 atom stereocenters. The normalized spacial score (nSPS) is 10.8. The van der Waals surface area contributed by atoms with Crippen LogP contribution in [-0.4, -0.2) is 11.9 Å². The number of aryl methyl sites for hydroxylation is 1. The Hall–Kier alpha value is -2.93. The predicted molar refractivity (Wildman–Crippen MR) is 91.2 cm³/mol. The van der Waals surface area contributed by atoms with Crippen LogP contribution in [-0.2, 0) is 11.5 Å². The summed E-state index contributed by atoms with van der Waals surface area (Å²) in [6.45, 7) is 1.66. The molecule has 1 aromatic carbocycles. The molecular formula is C19H14O6S-2. The lowest BCUT2D eigenvalue weighted by molar-refractivity contribution is -0.257. The van der Waals surface area contributed by atoms with Gasteiger partial charge in [0.25, 0.3) is 0 Å². The second kappa shape index (κ2) is 7.53. The van der Waals surface area contributed by atoms with Gasteiger partial charge in [-0.15, -0.1) is 11.8 Å². The first-order valence-electron chi connectivity index (χ1n) is 7.73. The van der Waals surface area contributed by atoms with Crippen molar-refractivity contribution in [1.82, 2.24) is 0 Å². The average molecular weight is 370 g/mol. The van der Waals surface area contributed by atoms with E-state index in [1.807, 2.05) is 30.3 Å². The summed E-state index contributed by atoms with van der Waals surface area (Å²) in [5, 5.41) is 22.2. The van der Waals surface area contributed by atoms with Gasteiger partial charge in [-0.1, -0.05) is 30.3 Å². The number of hydrogen-bond acceptors (Lipinski definition) is 7. The van der Waals surface area contributed by atoms with Crippen molar-refractivity contribution in [2.75, 3.05) is 0 Å². The minimum Gasteiger partial charge on any atom is -0.545 e. The standard InChI is InChI=1S/C19H16O6S/c1-11-13(7-16(24-11)19(22)23)9-26-10-17-14(18(20)21)8-15(25-17)12-5-3-2-4-6-12/h2-8H,9-10H2,1H3,(H,20,21)(H,22,23)/p-2. The lowest BCUT2D eigenvalue weighted by atomic mass is 10.1. The molecule has 0 radical (unpaired) electrons. The number of hydrogen-bond donors (Lipinski definition) is 0. The van der Waals surface area contributed by atoms with E-state index in [9.17, 15) is 19.8 Å². The number of carboxylic acids is 2. The molecule has 3 rings (SSSR count). The van der Waals surface area contributed by atoms with Crippen LogP contribution in [0.1, 0.15) is 38.0 Å². The van der Waals surface area contributed by atoms with E-state index >= 15 is 0 Å². The van der Waals surface area contributed by atoms with E-state index in [-0.39, 0.29) is 11.3 Å². The number of thioether (sulfide) groups is 1. The topological polar surface area (TPSA) is 107 Å². The van der Waals surface area contributed by atoms with Gasteiger partial charge in [-0.3, -0.25) is 0 Å². The van der Waals surface area contributed by atoms with Crippen LogP contribution in [0.4, 0.5) is 0 Å². The zero-order valence-electron chi connectivity index (χ0n) is 13.8. The molecule has 0 bridgehead atoms. The molecule has 0 aliphatic heterocycles. The van der Waals surface area contributed by atoms with Crippen molar-refractivity contribution in [1.29, 1.82) is 0 Å². The highest BCUT2D eigenvalue weighted by Gasteiger charge is 2.14. The van der Waals surface area contributed by atoms with E-state index in [1.54, 1.807) is 6.92 Å². The van der Waals surface area contributed by atoms with E-state index in [4.69, 9.17) is 8.83 Å². The molecule has 134 valence electrons. The molecule has 3 aromatic rings. The summed E-state index contributed by atoms with van der Waals surface area (Å²) in [5.74, 6) is -0.918. The quantitative estimate of drug-likeness (QED) is 0.626. The van der Waals surface area contributed by atoms with Gasteiger partial charge in [0.2, 0.25) is 0 Å². The molecule has 0 unspecified atom stereocenters. The third-order valence-corrected chi connectivity index (χ3v) is 4.78. The van der Waals surface area contributed by atoms with Crippen molar-refractivity contribution >= 4 is 23.7 Å². The van der Waals surface area contributed by atoms with Crippen molar-refractivity contribution < 1.29 is 28.6 Å². The molecule has 2 aromatic heterocycles. The first-order chi connectivity index (χ1) is 12.5. The molecule has 0 N–H and O–H groups in total. The molecule has 6 nitrogen and oxygen atoms in total. The minimum atomic E-state index is -1.37. The highest BCUT2D eigenvalue weighted by atomic mass is 32.2. The van der Waals surface area contributed by atoms with Crippen molar-refractivity contribution in [2.45, 2.75) is 18.4 Å². The molecular weight excluding hydrogens is 356 g/mol. The average Bonchev–Trinajstić information content (AvgIpc) is 3.20. The molecule has 0 aliphatic carbocycles. The van der Waals surface area contributed by atoms with Crippen LogP contribution in [0.5, 0.6) is 0 Å². The third kappa shape index (κ3) is 3.83. The predicted octanol–water partition coefficient (Wildman–Crippen LogP) is 2.01. The maximum atomic E-state index is 11.4. The largest absolute Gasteiger partial charge is 0.545 e. The maximum absolute atomic E-state index is 11.4. The number of carboxylic acid groups (broad SMARTS) is 2. The second-order valence-corrected chi connectivity index (χ2v) is 6.56. The number of rotatable bonds is 7. The van der Waals surface area contributed by atoms with Gasteiger partial charge in [0, 0.05) is 22.4 Å². The van der Waals surface area contributed by atoms with E-state index in [2.05, 4.69) is 0 Å². The van der Waals surface area contributed by atoms with Gasteiger partial charge in [0.15, 0.2) is 0 Å². The van der Waals surface area contributed by atoms with E-state index in [0.717, 1.165) is 5.56 Å². The second-order valence-electron chi connectivity index (χ2n) is 5.57. The zero-order chi connectivity index (χ0) is 18.7. The fourth-order valence-corrected chi connectivity index (χ4v) is 3.48. The Labute approximate surface area is 153 Å². The Kier molecular flexibility index (Phi) is 5.18. The monoisotopic (exact) mass is 370 g/mol. The molecule has 26 heavy (non-hydrogen) atoms. The third-order valence-electron chi connectivity index (χ3n) is 3.80. The van der Waals surface area contributed by atoms with Crippen molar-refractivity contribution in [3.8, 4) is 11.3 Å². The number of carbonyl (C=O) groups excluding carboxylic acids is 2. The van der Waals surface area contributed by atoms with Crippen LogP contribution in [0, 0.1) is 6.92 Å². The molecule has 0 spiro atoms. The summed E-state index contributed by atoms with van der Waals surface area (Å²) >= 11 is 1.38. The molecule has 7 heteroatoms. The Morgan fingerprint density at radius 2 is 1.73 bits per heavy atom. The SMILES string of the molecule is Cc1oc(C(=O)[O-])cc1CSCc1oc(-c2ccccc2)cc1C(=O)[O-]. The van der Waals surface area contributed by atoms with Crippen LogP contribution >= 0.6 is 11.8 Å². The summed E-state index contributed by atoms with van der Waals surface area (Å²) in [7, 11) is 0. The Bertz CT molecular complexity index is 938. The van der Waals surface area contributed by atoms with Crippen LogP contribution in [0.15, 0.2) is 51.3 Å². The lowest BCUT2D eigenvalue weighted by Crippen LogP contribution is -2.22. The summed E-state index contributed by atoms with van der Waals surface area (Å²) in [6, 6.07) is 12.0. The summed E-state index contributed by atoms with van der Waals surface area (Å²) in [6.07, 6.45) is 0. The maximum Gasteiger partial charge on any atom is 0.150 e. The zero-order valence-corrected chi connectivity index (χ0v) is 14.6. The van der Waals surface area contributed by atoms with Crippen molar-refractivity contribution in [3.63, 3.8) is 0 Å². The number of carbonyl (C=O) groups is 2. The summed E-state index contributed by atoms with van der Waals surface area (Å²) < 4.78 is 10.8. The van der Waals surface area contributed by atoms with Crippen molar-refractivity contribution in [2.24, 2.45) is 0 Å². The smallest absolute Gasteiger partial charge is 0.150 e. The summed E-state index contributed by atoms with van der Waals surface area (Å²) in [4.78, 5) is 22.2. The van der Waals surface area contributed by atoms with Crippen molar-refractivity contribution in [3.05, 3.63) is 70.9 Å². The molecule has 0 aliphatic rings. The summed E-state index contributed by atoms with van der Waals surface area (Å²) in [5.41, 5.74) is 1.49. The molecule has 0 saturated heterocycles. The number of furan rings is 2. The highest BCUT2D eigenvalue weighted by molar-refractivity contribution is 7.97. The van der Waals surface area contributed by atoms with Gasteiger partial charge in [-0.25, -0.2) is 0 Å². The first kappa shape index (κ1) is 17.9. The van der Waals surface area contributed by atoms with Gasteiger partial charge >= 0.3 is 0 Å². The number of aromatic carboxylic acids is 2. The van der Waals surface area contributed by atoms with Gasteiger partial charge in [0.1, 0.15) is 29.0 Å². The van der Waals surface area contributed by atoms with Crippen LogP contribution in [0.25, 0.3) is 11.3 Å². The van der Waals surface area contributed by atoms with Gasteiger partial charge in [-0.2, -0.15) is 0 Å². The van der Waals surface area contributed by atoms with E-state index in [1.165, 1.54) is 23.9 Å². The fraction of sp³-hybridized carbons (Fsp3) is 0.158. The van der Waals surface area contributed by atoms with E-state index < -0.39 is 11.9 Å². The molecule has 0 saturated carbocycles. The van der Waals surface area contributed by atoms with Gasteiger partial charge in [-0.05, 0) is 19.1 Å². The van der Waals surface area contributed by atoms with Gasteiger partial charge in [0.05, 0.1) is 11.7 Å². The molecule has 0 amide bonds. The highest BCUT2D eigenvalue weighted by Crippen LogP contribution is 2.29. The Morgan fingerprint density at radius 3 is 2.35 bits per heavy atom. The minimum absolute atomic E-state index is 0.00990. The number of benzene rings is 1. The van der Waals surface area contributed by atoms with Crippen LogP contribution in [0.2, 0.25) is 0 Å². The lowest BCUT2D eigenvalue weighted by Gasteiger charge is -2.03.